The molecule has 0 N–H and O–H groups in total. The second-order valence-corrected chi connectivity index (χ2v) is 3.51. The lowest BCUT2D eigenvalue weighted by atomic mass is 9.99. The third-order valence-corrected chi connectivity index (χ3v) is 2.47. The molecule has 0 aromatic heterocycles. The van der Waals surface area contributed by atoms with Crippen molar-refractivity contribution in [2.75, 3.05) is 20.8 Å². The Bertz CT molecular complexity index is 295. The highest BCUT2D eigenvalue weighted by atomic mass is 19.3. The van der Waals surface area contributed by atoms with Gasteiger partial charge in [0.15, 0.2) is 0 Å². The van der Waals surface area contributed by atoms with Crippen LogP contribution < -0.4 is 0 Å². The molecule has 1 atom stereocenters. The number of carbonyl (C=O) groups is 2. The Hall–Kier alpha value is -1.40. The van der Waals surface area contributed by atoms with Crippen LogP contribution in [0.1, 0.15) is 12.8 Å². The molecular formula is C9H13F2NO4. The predicted octanol–water partition coefficient (Wildman–Crippen LogP) is 1.03. The molecule has 1 heterocycles. The summed E-state index contributed by atoms with van der Waals surface area (Å²) >= 11 is 0. The normalized spacial score (nSPS) is 23.8. The van der Waals surface area contributed by atoms with Crippen LogP contribution >= 0.6 is 0 Å². The van der Waals surface area contributed by atoms with Gasteiger partial charge < -0.3 is 9.47 Å². The van der Waals surface area contributed by atoms with Crippen molar-refractivity contribution in [3.63, 3.8) is 0 Å². The quantitative estimate of drug-likeness (QED) is 0.639. The van der Waals surface area contributed by atoms with Crippen molar-refractivity contribution in [2.24, 2.45) is 0 Å². The molecule has 1 aliphatic rings. The summed E-state index contributed by atoms with van der Waals surface area (Å²) < 4.78 is 35.0. The van der Waals surface area contributed by atoms with Crippen LogP contribution in [0.25, 0.3) is 0 Å². The fourth-order valence-corrected chi connectivity index (χ4v) is 1.62. The van der Waals surface area contributed by atoms with Crippen molar-refractivity contribution in [2.45, 2.75) is 24.8 Å². The maximum Gasteiger partial charge on any atom is 0.410 e. The first-order valence-electron chi connectivity index (χ1n) is 4.71. The summed E-state index contributed by atoms with van der Waals surface area (Å²) in [7, 11) is 2.22. The molecule has 0 spiro atoms. The summed E-state index contributed by atoms with van der Waals surface area (Å²) in [6.45, 7) is -0.223. The predicted molar refractivity (Wildman–Crippen MR) is 49.1 cm³/mol. The number of halogens is 2. The van der Waals surface area contributed by atoms with E-state index in [1.807, 2.05) is 0 Å². The van der Waals surface area contributed by atoms with Gasteiger partial charge in [-0.15, -0.1) is 0 Å². The fourth-order valence-electron chi connectivity index (χ4n) is 1.62. The molecule has 0 aliphatic carbocycles. The van der Waals surface area contributed by atoms with Crippen molar-refractivity contribution in [1.29, 1.82) is 0 Å². The molecule has 0 aromatic carbocycles. The topological polar surface area (TPSA) is 55.8 Å². The van der Waals surface area contributed by atoms with E-state index < -0.39 is 36.9 Å². The fraction of sp³-hybridized carbons (Fsp3) is 0.778. The molecule has 0 bridgehead atoms. The van der Waals surface area contributed by atoms with Crippen LogP contribution in [0.15, 0.2) is 0 Å². The first-order valence-corrected chi connectivity index (χ1v) is 4.71. The van der Waals surface area contributed by atoms with Crippen molar-refractivity contribution in [3.05, 3.63) is 0 Å². The van der Waals surface area contributed by atoms with E-state index in [9.17, 15) is 18.4 Å². The van der Waals surface area contributed by atoms with Crippen LogP contribution in [-0.2, 0) is 14.3 Å². The molecule has 1 fully saturated rings. The molecule has 1 unspecified atom stereocenters. The summed E-state index contributed by atoms with van der Waals surface area (Å²) in [6.07, 6.45) is -2.00. The molecule has 0 radical (unpaired) electrons. The van der Waals surface area contributed by atoms with Crippen LogP contribution in [0, 0.1) is 0 Å². The van der Waals surface area contributed by atoms with E-state index in [0.29, 0.717) is 0 Å². The monoisotopic (exact) mass is 237 g/mol. The number of esters is 1. The largest absolute Gasteiger partial charge is 0.467 e. The van der Waals surface area contributed by atoms with Gasteiger partial charge in [0.1, 0.15) is 6.04 Å². The van der Waals surface area contributed by atoms with Crippen molar-refractivity contribution < 1.29 is 27.8 Å². The van der Waals surface area contributed by atoms with Gasteiger partial charge in [0, 0.05) is 19.4 Å². The van der Waals surface area contributed by atoms with Gasteiger partial charge in [0.25, 0.3) is 5.92 Å². The van der Waals surface area contributed by atoms with E-state index in [-0.39, 0.29) is 6.54 Å². The summed E-state index contributed by atoms with van der Waals surface area (Å²) in [4.78, 5) is 23.5. The minimum Gasteiger partial charge on any atom is -0.467 e. The minimum atomic E-state index is -2.95. The smallest absolute Gasteiger partial charge is 0.410 e. The third-order valence-electron chi connectivity index (χ3n) is 2.47. The first kappa shape index (κ1) is 12.7. The maximum atomic E-state index is 13.1. The number of hydrogen-bond acceptors (Lipinski definition) is 4. The van der Waals surface area contributed by atoms with E-state index in [1.54, 1.807) is 0 Å². The summed E-state index contributed by atoms with van der Waals surface area (Å²) in [6, 6.07) is -1.28. The molecule has 92 valence electrons. The Morgan fingerprint density at radius 2 is 1.94 bits per heavy atom. The Balaban J connectivity index is 2.84. The van der Waals surface area contributed by atoms with Crippen molar-refractivity contribution >= 4 is 12.1 Å². The number of carbonyl (C=O) groups excluding carboxylic acids is 2. The first-order chi connectivity index (χ1) is 7.41. The number of hydrogen-bond donors (Lipinski definition) is 0. The molecule has 1 amide bonds. The zero-order valence-corrected chi connectivity index (χ0v) is 9.03. The van der Waals surface area contributed by atoms with Crippen LogP contribution in [0.4, 0.5) is 13.6 Å². The standard InChI is InChI=1S/C9H13F2NO4/c1-15-7(13)6-5-9(10,11)3-4-12(6)8(14)16-2/h6H,3-5H2,1-2H3. The number of nitrogens with zero attached hydrogens (tertiary/aromatic N) is 1. The number of likely N-dealkylation sites (tertiary alicyclic amines) is 1. The Morgan fingerprint density at radius 3 is 2.44 bits per heavy atom. The summed E-state index contributed by atoms with van der Waals surface area (Å²) in [5, 5.41) is 0. The molecule has 1 saturated heterocycles. The van der Waals surface area contributed by atoms with E-state index in [1.165, 1.54) is 0 Å². The highest BCUT2D eigenvalue weighted by Gasteiger charge is 2.46. The lowest BCUT2D eigenvalue weighted by molar-refractivity contribution is -0.155. The molecule has 7 heteroatoms. The average molecular weight is 237 g/mol. The van der Waals surface area contributed by atoms with E-state index in [0.717, 1.165) is 19.1 Å². The number of alkyl halides is 2. The summed E-state index contributed by atoms with van der Waals surface area (Å²) in [5.41, 5.74) is 0. The van der Waals surface area contributed by atoms with E-state index in [4.69, 9.17) is 0 Å². The Labute approximate surface area is 91.3 Å². The highest BCUT2D eigenvalue weighted by molar-refractivity contribution is 5.81. The molecule has 0 aromatic rings. The van der Waals surface area contributed by atoms with Gasteiger partial charge in [0.2, 0.25) is 0 Å². The molecule has 1 rings (SSSR count). The van der Waals surface area contributed by atoms with E-state index >= 15 is 0 Å². The van der Waals surface area contributed by atoms with Crippen molar-refractivity contribution in [3.8, 4) is 0 Å². The van der Waals surface area contributed by atoms with Crippen LogP contribution in [-0.4, -0.2) is 49.7 Å². The average Bonchev–Trinajstić information content (AvgIpc) is 2.25. The lowest BCUT2D eigenvalue weighted by Gasteiger charge is -2.36. The van der Waals surface area contributed by atoms with Gasteiger partial charge in [-0.05, 0) is 0 Å². The molecular weight excluding hydrogens is 224 g/mol. The minimum absolute atomic E-state index is 0.223. The second-order valence-electron chi connectivity index (χ2n) is 3.51. The number of ether oxygens (including phenoxy) is 2. The van der Waals surface area contributed by atoms with Crippen LogP contribution in [0.2, 0.25) is 0 Å². The zero-order chi connectivity index (χ0) is 12.3. The summed E-state index contributed by atoms with van der Waals surface area (Å²) in [5.74, 6) is -3.81. The van der Waals surface area contributed by atoms with Gasteiger partial charge in [-0.2, -0.15) is 0 Å². The van der Waals surface area contributed by atoms with E-state index in [2.05, 4.69) is 9.47 Å². The number of amides is 1. The number of rotatable bonds is 1. The Kier molecular flexibility index (Phi) is 3.66. The zero-order valence-electron chi connectivity index (χ0n) is 9.03. The van der Waals surface area contributed by atoms with Crippen LogP contribution in [0.3, 0.4) is 0 Å². The van der Waals surface area contributed by atoms with Crippen LogP contribution in [0.5, 0.6) is 0 Å². The number of piperidine rings is 1. The molecule has 16 heavy (non-hydrogen) atoms. The molecule has 1 aliphatic heterocycles. The number of methoxy groups -OCH3 is 2. The third kappa shape index (κ3) is 2.59. The van der Waals surface area contributed by atoms with Gasteiger partial charge >= 0.3 is 12.1 Å². The molecule has 0 saturated carbocycles. The van der Waals surface area contributed by atoms with Crippen molar-refractivity contribution in [1.82, 2.24) is 4.90 Å². The molecule has 5 nitrogen and oxygen atoms in total. The highest BCUT2D eigenvalue weighted by Crippen LogP contribution is 2.32. The Morgan fingerprint density at radius 1 is 1.31 bits per heavy atom. The van der Waals surface area contributed by atoms with Gasteiger partial charge in [-0.25, -0.2) is 18.4 Å². The SMILES string of the molecule is COC(=O)C1CC(F)(F)CCN1C(=O)OC. The maximum absolute atomic E-state index is 13.1. The van der Waals surface area contributed by atoms with Gasteiger partial charge in [-0.3, -0.25) is 4.90 Å². The van der Waals surface area contributed by atoms with Gasteiger partial charge in [0.05, 0.1) is 14.2 Å². The van der Waals surface area contributed by atoms with Gasteiger partial charge in [-0.1, -0.05) is 0 Å². The lowest BCUT2D eigenvalue weighted by Crippen LogP contribution is -2.53. The second kappa shape index (κ2) is 4.63.